The molecule has 0 saturated carbocycles. The molecule has 0 radical (unpaired) electrons. The Bertz CT molecular complexity index is 376. The number of aliphatic hydroxyl groups excluding tert-OH is 1. The summed E-state index contributed by atoms with van der Waals surface area (Å²) in [5, 5.41) is 8.72. The smallest absolute Gasteiger partial charge is 0.250 e. The summed E-state index contributed by atoms with van der Waals surface area (Å²) < 4.78 is 1.61. The third kappa shape index (κ3) is 4.04. The number of aryl methyl sites for hydroxylation is 1. The van der Waals surface area contributed by atoms with Gasteiger partial charge in [-0.05, 0) is 26.1 Å². The van der Waals surface area contributed by atoms with E-state index in [1.807, 2.05) is 11.9 Å². The molecule has 0 aliphatic heterocycles. The molecule has 0 aromatic carbocycles. The lowest BCUT2D eigenvalue weighted by atomic mass is 10.3. The minimum Gasteiger partial charge on any atom is -0.398 e. The third-order valence-electron chi connectivity index (χ3n) is 2.43. The van der Waals surface area contributed by atoms with Crippen LogP contribution >= 0.6 is 0 Å². The Hall–Kier alpha value is -1.33. The molecule has 0 fully saturated rings. The van der Waals surface area contributed by atoms with Gasteiger partial charge in [-0.25, -0.2) is 0 Å². The van der Waals surface area contributed by atoms with Crippen molar-refractivity contribution in [2.24, 2.45) is 0 Å². The number of rotatable bonds is 6. The molecule has 0 saturated heterocycles. The molecule has 0 aliphatic carbocycles. The predicted octanol–water partition coefficient (Wildman–Crippen LogP) is -0.255. The molecule has 0 atom stereocenters. The van der Waals surface area contributed by atoms with E-state index >= 15 is 0 Å². The Morgan fingerprint density at radius 1 is 1.44 bits per heavy atom. The maximum atomic E-state index is 11.4. The molecule has 0 aliphatic rings. The molecule has 0 amide bonds. The second-order valence-electron chi connectivity index (χ2n) is 3.87. The van der Waals surface area contributed by atoms with Crippen LogP contribution in [0.5, 0.6) is 0 Å². The summed E-state index contributed by atoms with van der Waals surface area (Å²) >= 11 is 0. The summed E-state index contributed by atoms with van der Waals surface area (Å²) in [7, 11) is 1.94. The lowest BCUT2D eigenvalue weighted by Crippen LogP contribution is -2.26. The number of nitrogens with two attached hydrogens (primary N) is 1. The Balaban J connectivity index is 2.43. The van der Waals surface area contributed by atoms with E-state index in [-0.39, 0.29) is 12.2 Å². The van der Waals surface area contributed by atoms with Crippen molar-refractivity contribution in [1.29, 1.82) is 0 Å². The first kappa shape index (κ1) is 12.7. The molecule has 3 N–H and O–H groups in total. The van der Waals surface area contributed by atoms with Crippen molar-refractivity contribution in [2.75, 3.05) is 32.5 Å². The Labute approximate surface area is 95.1 Å². The number of hydrogen-bond donors (Lipinski definition) is 2. The Kier molecular flexibility index (Phi) is 5.01. The average Bonchev–Trinajstić information content (AvgIpc) is 2.23. The number of aliphatic hydroxyl groups is 1. The molecule has 5 nitrogen and oxygen atoms in total. The SMILES string of the molecule is CN(CCO)CCCn1cc(N)ccc1=O. The molecule has 1 heterocycles. The summed E-state index contributed by atoms with van der Waals surface area (Å²) in [6, 6.07) is 3.09. The minimum absolute atomic E-state index is 0.0287. The maximum Gasteiger partial charge on any atom is 0.250 e. The lowest BCUT2D eigenvalue weighted by Gasteiger charge is -2.15. The number of pyridine rings is 1. The van der Waals surface area contributed by atoms with Crippen molar-refractivity contribution in [3.05, 3.63) is 28.7 Å². The van der Waals surface area contributed by atoms with Crippen molar-refractivity contribution in [3.8, 4) is 0 Å². The highest BCUT2D eigenvalue weighted by Crippen LogP contribution is 1.97. The molecule has 1 aromatic rings. The van der Waals surface area contributed by atoms with Crippen molar-refractivity contribution >= 4 is 5.69 Å². The van der Waals surface area contributed by atoms with Gasteiger partial charge in [0, 0.05) is 31.0 Å². The van der Waals surface area contributed by atoms with Gasteiger partial charge in [0.05, 0.1) is 6.61 Å². The maximum absolute atomic E-state index is 11.4. The molecule has 1 rings (SSSR count). The highest BCUT2D eigenvalue weighted by Gasteiger charge is 1.99. The van der Waals surface area contributed by atoms with E-state index in [9.17, 15) is 4.79 Å². The monoisotopic (exact) mass is 225 g/mol. The van der Waals surface area contributed by atoms with E-state index in [0.717, 1.165) is 13.0 Å². The zero-order chi connectivity index (χ0) is 12.0. The van der Waals surface area contributed by atoms with Gasteiger partial charge < -0.3 is 20.3 Å². The van der Waals surface area contributed by atoms with Crippen LogP contribution in [0.4, 0.5) is 5.69 Å². The highest BCUT2D eigenvalue weighted by atomic mass is 16.3. The van der Waals surface area contributed by atoms with Crippen molar-refractivity contribution in [2.45, 2.75) is 13.0 Å². The van der Waals surface area contributed by atoms with Gasteiger partial charge in [-0.1, -0.05) is 0 Å². The van der Waals surface area contributed by atoms with Gasteiger partial charge in [-0.2, -0.15) is 0 Å². The van der Waals surface area contributed by atoms with Gasteiger partial charge in [0.25, 0.3) is 5.56 Å². The highest BCUT2D eigenvalue weighted by molar-refractivity contribution is 5.33. The zero-order valence-corrected chi connectivity index (χ0v) is 9.59. The van der Waals surface area contributed by atoms with E-state index in [1.54, 1.807) is 16.8 Å². The molecular formula is C11H19N3O2. The third-order valence-corrected chi connectivity index (χ3v) is 2.43. The average molecular weight is 225 g/mol. The van der Waals surface area contributed by atoms with Crippen LogP contribution in [0.3, 0.4) is 0 Å². The van der Waals surface area contributed by atoms with E-state index in [2.05, 4.69) is 0 Å². The lowest BCUT2D eigenvalue weighted by molar-refractivity contribution is 0.218. The first-order chi connectivity index (χ1) is 7.63. The van der Waals surface area contributed by atoms with E-state index in [4.69, 9.17) is 10.8 Å². The van der Waals surface area contributed by atoms with E-state index < -0.39 is 0 Å². The molecule has 1 aromatic heterocycles. The Morgan fingerprint density at radius 3 is 2.88 bits per heavy atom. The van der Waals surface area contributed by atoms with Crippen LogP contribution in [0.2, 0.25) is 0 Å². The van der Waals surface area contributed by atoms with Gasteiger partial charge in [0.15, 0.2) is 0 Å². The summed E-state index contributed by atoms with van der Waals surface area (Å²) in [5.41, 5.74) is 6.18. The van der Waals surface area contributed by atoms with Crippen molar-refractivity contribution < 1.29 is 5.11 Å². The van der Waals surface area contributed by atoms with Crippen molar-refractivity contribution in [1.82, 2.24) is 9.47 Å². The molecule has 0 unspecified atom stereocenters. The molecular weight excluding hydrogens is 206 g/mol. The fraction of sp³-hybridized carbons (Fsp3) is 0.545. The first-order valence-electron chi connectivity index (χ1n) is 5.39. The van der Waals surface area contributed by atoms with Crippen LogP contribution in [0.1, 0.15) is 6.42 Å². The zero-order valence-electron chi connectivity index (χ0n) is 9.59. The summed E-state index contributed by atoms with van der Waals surface area (Å²) in [4.78, 5) is 13.5. The molecule has 16 heavy (non-hydrogen) atoms. The second-order valence-corrected chi connectivity index (χ2v) is 3.87. The number of aromatic nitrogens is 1. The van der Waals surface area contributed by atoms with Crippen LogP contribution in [-0.4, -0.2) is 41.3 Å². The van der Waals surface area contributed by atoms with Crippen molar-refractivity contribution in [3.63, 3.8) is 0 Å². The molecule has 0 spiro atoms. The van der Waals surface area contributed by atoms with Gasteiger partial charge in [0.1, 0.15) is 0 Å². The molecule has 90 valence electrons. The Morgan fingerprint density at radius 2 is 2.19 bits per heavy atom. The summed E-state index contributed by atoms with van der Waals surface area (Å²) in [5.74, 6) is 0. The number of anilines is 1. The van der Waals surface area contributed by atoms with Crippen LogP contribution in [0.15, 0.2) is 23.1 Å². The standard InChI is InChI=1S/C11H19N3O2/c1-13(7-8-15)5-2-6-14-9-10(12)3-4-11(14)16/h3-4,9,15H,2,5-8,12H2,1H3. The largest absolute Gasteiger partial charge is 0.398 e. The number of hydrogen-bond acceptors (Lipinski definition) is 4. The molecule has 0 bridgehead atoms. The molecule has 5 heteroatoms. The fourth-order valence-electron chi connectivity index (χ4n) is 1.52. The van der Waals surface area contributed by atoms with Gasteiger partial charge in [-0.15, -0.1) is 0 Å². The van der Waals surface area contributed by atoms with Gasteiger partial charge in [0.2, 0.25) is 0 Å². The second kappa shape index (κ2) is 6.30. The number of nitrogen functional groups attached to an aromatic ring is 1. The van der Waals surface area contributed by atoms with Crippen LogP contribution in [0.25, 0.3) is 0 Å². The van der Waals surface area contributed by atoms with E-state index in [1.165, 1.54) is 6.07 Å². The number of likely N-dealkylation sites (N-methyl/N-ethyl adjacent to an activating group) is 1. The minimum atomic E-state index is -0.0287. The quantitative estimate of drug-likeness (QED) is 0.700. The van der Waals surface area contributed by atoms with Gasteiger partial charge >= 0.3 is 0 Å². The van der Waals surface area contributed by atoms with Crippen LogP contribution in [0, 0.1) is 0 Å². The van der Waals surface area contributed by atoms with Crippen LogP contribution in [-0.2, 0) is 6.54 Å². The van der Waals surface area contributed by atoms with Gasteiger partial charge in [-0.3, -0.25) is 4.79 Å². The first-order valence-corrected chi connectivity index (χ1v) is 5.39. The topological polar surface area (TPSA) is 71.5 Å². The van der Waals surface area contributed by atoms with E-state index in [0.29, 0.717) is 18.8 Å². The summed E-state index contributed by atoms with van der Waals surface area (Å²) in [6.07, 6.45) is 2.52. The number of nitrogens with zero attached hydrogens (tertiary/aromatic N) is 2. The van der Waals surface area contributed by atoms with Crippen LogP contribution < -0.4 is 11.3 Å². The normalized spacial score (nSPS) is 10.9. The fourth-order valence-corrected chi connectivity index (χ4v) is 1.52. The predicted molar refractivity (Wildman–Crippen MR) is 64.3 cm³/mol. The summed E-state index contributed by atoms with van der Waals surface area (Å²) in [6.45, 7) is 2.32.